The van der Waals surface area contributed by atoms with E-state index in [0.29, 0.717) is 5.75 Å². The third-order valence-electron chi connectivity index (χ3n) is 3.11. The molecular formula is C16H16N2O2S. The summed E-state index contributed by atoms with van der Waals surface area (Å²) in [6, 6.07) is 10.1. The Kier molecular flexibility index (Phi) is 4.10. The first-order valence-corrected chi connectivity index (χ1v) is 7.88. The van der Waals surface area contributed by atoms with Crippen molar-refractivity contribution in [3.8, 4) is 11.3 Å². The van der Waals surface area contributed by atoms with Gasteiger partial charge in [0.25, 0.3) is 0 Å². The Labute approximate surface area is 127 Å². The highest BCUT2D eigenvalue weighted by Crippen LogP contribution is 2.26. The summed E-state index contributed by atoms with van der Waals surface area (Å²) in [5, 5.41) is 3.87. The van der Waals surface area contributed by atoms with Gasteiger partial charge in [-0.2, -0.15) is 0 Å². The Bertz CT molecular complexity index is 733. The van der Waals surface area contributed by atoms with Crippen LogP contribution in [0.5, 0.6) is 0 Å². The van der Waals surface area contributed by atoms with Crippen molar-refractivity contribution in [1.29, 1.82) is 0 Å². The van der Waals surface area contributed by atoms with Crippen LogP contribution in [0.4, 0.5) is 0 Å². The summed E-state index contributed by atoms with van der Waals surface area (Å²) in [5.41, 5.74) is 3.18. The summed E-state index contributed by atoms with van der Waals surface area (Å²) in [6.07, 6.45) is 1.79. The van der Waals surface area contributed by atoms with Gasteiger partial charge in [-0.3, -0.25) is 0 Å². The molecule has 2 heterocycles. The molecule has 0 unspecified atom stereocenters. The van der Waals surface area contributed by atoms with Crippen LogP contribution in [0.3, 0.4) is 0 Å². The minimum atomic E-state index is 0.714. The molecule has 21 heavy (non-hydrogen) atoms. The van der Waals surface area contributed by atoms with Gasteiger partial charge in [-0.25, -0.2) is 4.98 Å². The predicted molar refractivity (Wildman–Crippen MR) is 82.9 cm³/mol. The third-order valence-corrected chi connectivity index (χ3v) is 4.05. The zero-order valence-electron chi connectivity index (χ0n) is 12.0. The summed E-state index contributed by atoms with van der Waals surface area (Å²) in [4.78, 5) is 4.34. The second-order valence-electron chi connectivity index (χ2n) is 4.86. The summed E-state index contributed by atoms with van der Waals surface area (Å²) in [6.45, 7) is 3.98. The van der Waals surface area contributed by atoms with Gasteiger partial charge in [-0.05, 0) is 19.4 Å². The number of benzene rings is 1. The van der Waals surface area contributed by atoms with Gasteiger partial charge in [0.2, 0.25) is 5.89 Å². The van der Waals surface area contributed by atoms with Crippen LogP contribution in [-0.2, 0) is 11.5 Å². The van der Waals surface area contributed by atoms with E-state index in [1.807, 2.05) is 31.2 Å². The predicted octanol–water partition coefficient (Wildman–Crippen LogP) is 4.38. The Hall–Kier alpha value is -2.01. The van der Waals surface area contributed by atoms with Gasteiger partial charge in [0, 0.05) is 11.6 Å². The fourth-order valence-electron chi connectivity index (χ4n) is 2.07. The molecule has 0 fully saturated rings. The minimum Gasteiger partial charge on any atom is -0.440 e. The Morgan fingerprint density at radius 1 is 1.14 bits per heavy atom. The van der Waals surface area contributed by atoms with Crippen LogP contribution in [0.15, 0.2) is 45.5 Å². The highest BCUT2D eigenvalue weighted by Gasteiger charge is 2.09. The average Bonchev–Trinajstić information content (AvgIpc) is 3.09. The Balaban J connectivity index is 1.62. The lowest BCUT2D eigenvalue weighted by Crippen LogP contribution is -1.81. The molecule has 0 saturated heterocycles. The van der Waals surface area contributed by atoms with Crippen LogP contribution >= 0.6 is 11.8 Å². The zero-order valence-corrected chi connectivity index (χ0v) is 12.8. The van der Waals surface area contributed by atoms with Crippen molar-refractivity contribution in [2.24, 2.45) is 0 Å². The highest BCUT2D eigenvalue weighted by molar-refractivity contribution is 7.97. The summed E-state index contributed by atoms with van der Waals surface area (Å²) in [7, 11) is 0. The number of oxazole rings is 1. The first-order chi connectivity index (χ1) is 10.2. The summed E-state index contributed by atoms with van der Waals surface area (Å²) < 4.78 is 11.0. The maximum Gasteiger partial charge on any atom is 0.204 e. The second-order valence-corrected chi connectivity index (χ2v) is 5.85. The largest absolute Gasteiger partial charge is 0.440 e. The quantitative estimate of drug-likeness (QED) is 0.700. The lowest BCUT2D eigenvalue weighted by atomic mass is 10.1. The highest BCUT2D eigenvalue weighted by atomic mass is 32.2. The Morgan fingerprint density at radius 3 is 2.76 bits per heavy atom. The van der Waals surface area contributed by atoms with Crippen LogP contribution in [0.2, 0.25) is 0 Å². The molecule has 0 spiro atoms. The molecule has 4 nitrogen and oxygen atoms in total. The van der Waals surface area contributed by atoms with E-state index in [-0.39, 0.29) is 0 Å². The number of thioether (sulfide) groups is 1. The maximum atomic E-state index is 5.82. The van der Waals surface area contributed by atoms with E-state index in [2.05, 4.69) is 23.1 Å². The van der Waals surface area contributed by atoms with E-state index in [1.165, 1.54) is 5.56 Å². The van der Waals surface area contributed by atoms with E-state index < -0.39 is 0 Å². The number of hydrogen-bond donors (Lipinski definition) is 0. The van der Waals surface area contributed by atoms with E-state index >= 15 is 0 Å². The normalized spacial score (nSPS) is 11.0. The molecule has 0 amide bonds. The third kappa shape index (κ3) is 3.36. The molecule has 0 aliphatic heterocycles. The van der Waals surface area contributed by atoms with E-state index in [9.17, 15) is 0 Å². The van der Waals surface area contributed by atoms with Gasteiger partial charge < -0.3 is 8.94 Å². The van der Waals surface area contributed by atoms with Gasteiger partial charge >= 0.3 is 0 Å². The van der Waals surface area contributed by atoms with Crippen LogP contribution in [0.1, 0.15) is 22.9 Å². The van der Waals surface area contributed by atoms with Crippen LogP contribution < -0.4 is 0 Å². The molecule has 2 aromatic heterocycles. The number of rotatable bonds is 5. The minimum absolute atomic E-state index is 0.714. The molecular weight excluding hydrogens is 284 g/mol. The lowest BCUT2D eigenvalue weighted by molar-refractivity contribution is 0.391. The number of hydrogen-bond acceptors (Lipinski definition) is 5. The molecule has 0 N–H and O–H groups in total. The number of aromatic nitrogens is 2. The van der Waals surface area contributed by atoms with Crippen molar-refractivity contribution in [3.05, 3.63) is 59.4 Å². The molecule has 0 aliphatic carbocycles. The summed E-state index contributed by atoms with van der Waals surface area (Å²) in [5.74, 6) is 3.91. The van der Waals surface area contributed by atoms with Gasteiger partial charge in [-0.1, -0.05) is 29.4 Å². The maximum absolute atomic E-state index is 5.82. The van der Waals surface area contributed by atoms with Crippen molar-refractivity contribution in [1.82, 2.24) is 10.1 Å². The molecule has 0 aliphatic rings. The molecule has 0 radical (unpaired) electrons. The first kappa shape index (κ1) is 13.9. The van der Waals surface area contributed by atoms with Crippen molar-refractivity contribution >= 4 is 11.8 Å². The molecule has 0 atom stereocenters. The van der Waals surface area contributed by atoms with Gasteiger partial charge in [0.15, 0.2) is 5.76 Å². The van der Waals surface area contributed by atoms with Crippen LogP contribution in [0.25, 0.3) is 11.3 Å². The number of aryl methyl sites for hydroxylation is 2. The van der Waals surface area contributed by atoms with Crippen molar-refractivity contribution in [3.63, 3.8) is 0 Å². The van der Waals surface area contributed by atoms with Gasteiger partial charge in [0.05, 0.1) is 23.4 Å². The van der Waals surface area contributed by atoms with Crippen LogP contribution in [-0.4, -0.2) is 10.1 Å². The fraction of sp³-hybridized carbons (Fsp3) is 0.250. The Morgan fingerprint density at radius 2 is 2.00 bits per heavy atom. The topological polar surface area (TPSA) is 52.1 Å². The molecule has 3 rings (SSSR count). The van der Waals surface area contributed by atoms with Crippen LogP contribution in [0, 0.1) is 13.8 Å². The standard InChI is InChI=1S/C16H16N2O2S/c1-11-5-3-4-6-14(11)15-8-17-16(19-15)10-21-9-13-7-12(2)18-20-13/h3-8H,9-10H2,1-2H3. The van der Waals surface area contributed by atoms with Gasteiger partial charge in [0.1, 0.15) is 5.76 Å². The van der Waals surface area contributed by atoms with Gasteiger partial charge in [-0.15, -0.1) is 11.8 Å². The molecule has 1 aromatic carbocycles. The fourth-order valence-corrected chi connectivity index (χ4v) is 2.82. The number of nitrogens with zero attached hydrogens (tertiary/aromatic N) is 2. The average molecular weight is 300 g/mol. The van der Waals surface area contributed by atoms with E-state index in [0.717, 1.165) is 34.4 Å². The van der Waals surface area contributed by atoms with Crippen molar-refractivity contribution in [2.45, 2.75) is 25.4 Å². The molecule has 3 aromatic rings. The SMILES string of the molecule is Cc1cc(CSCc2ncc(-c3ccccc3C)o2)on1. The van der Waals surface area contributed by atoms with E-state index in [1.54, 1.807) is 18.0 Å². The lowest BCUT2D eigenvalue weighted by Gasteiger charge is -2.00. The molecule has 5 heteroatoms. The van der Waals surface area contributed by atoms with Crippen molar-refractivity contribution < 1.29 is 8.94 Å². The smallest absolute Gasteiger partial charge is 0.204 e. The first-order valence-electron chi connectivity index (χ1n) is 6.73. The van der Waals surface area contributed by atoms with Crippen molar-refractivity contribution in [2.75, 3.05) is 0 Å². The molecule has 0 bridgehead atoms. The monoisotopic (exact) mass is 300 g/mol. The molecule has 108 valence electrons. The van der Waals surface area contributed by atoms with E-state index in [4.69, 9.17) is 8.94 Å². The zero-order chi connectivity index (χ0) is 14.7. The summed E-state index contributed by atoms with van der Waals surface area (Å²) >= 11 is 1.70. The molecule has 0 saturated carbocycles. The second kappa shape index (κ2) is 6.18.